The Bertz CT molecular complexity index is 1070. The van der Waals surface area contributed by atoms with E-state index in [2.05, 4.69) is 17.2 Å². The van der Waals surface area contributed by atoms with Gasteiger partial charge in [-0.2, -0.15) is 0 Å². The largest absolute Gasteiger partial charge is 0.447 e. The Morgan fingerprint density at radius 1 is 1.26 bits per heavy atom. The van der Waals surface area contributed by atoms with E-state index in [0.29, 0.717) is 24.5 Å². The topological polar surface area (TPSA) is 87.7 Å². The predicted molar refractivity (Wildman–Crippen MR) is 112 cm³/mol. The van der Waals surface area contributed by atoms with Crippen LogP contribution in [0, 0.1) is 0 Å². The van der Waals surface area contributed by atoms with E-state index in [-0.39, 0.29) is 23.7 Å². The Balaban J connectivity index is 1.50. The average Bonchev–Trinajstić information content (AvgIpc) is 3.28. The molecule has 0 aromatic carbocycles. The third kappa shape index (κ3) is 3.23. The first-order valence-corrected chi connectivity index (χ1v) is 10.4. The minimum Gasteiger partial charge on any atom is -0.447 e. The minimum atomic E-state index is -0.730. The summed E-state index contributed by atoms with van der Waals surface area (Å²) in [5, 5.41) is 3.14. The number of cyclic esters (lactones) is 1. The fourth-order valence-electron chi connectivity index (χ4n) is 4.17. The van der Waals surface area contributed by atoms with E-state index in [0.717, 1.165) is 29.8 Å². The van der Waals surface area contributed by atoms with Gasteiger partial charge in [0, 0.05) is 28.8 Å². The molecule has 2 aromatic heterocycles. The van der Waals surface area contributed by atoms with Crippen LogP contribution in [0.3, 0.4) is 0 Å². The highest BCUT2D eigenvalue weighted by molar-refractivity contribution is 6.10. The number of pyridine rings is 2. The molecule has 0 spiro atoms. The summed E-state index contributed by atoms with van der Waals surface area (Å²) in [6.07, 6.45) is 1.51. The van der Waals surface area contributed by atoms with Gasteiger partial charge in [0.2, 0.25) is 0 Å². The van der Waals surface area contributed by atoms with Crippen molar-refractivity contribution in [3.63, 3.8) is 0 Å². The second-order valence-electron chi connectivity index (χ2n) is 8.57. The van der Waals surface area contributed by atoms with Gasteiger partial charge in [0.05, 0.1) is 12.2 Å². The maximum atomic E-state index is 13.3. The zero-order chi connectivity index (χ0) is 21.8. The van der Waals surface area contributed by atoms with E-state index >= 15 is 0 Å². The first kappa shape index (κ1) is 19.9. The van der Waals surface area contributed by atoms with Crippen molar-refractivity contribution in [3.8, 4) is 0 Å². The van der Waals surface area contributed by atoms with Gasteiger partial charge in [0.1, 0.15) is 31.0 Å². The van der Waals surface area contributed by atoms with Gasteiger partial charge in [-0.15, -0.1) is 0 Å². The molecular weight excluding hydrogens is 401 g/mol. The summed E-state index contributed by atoms with van der Waals surface area (Å²) in [5.41, 5.74) is 3.41. The number of nitrogens with zero attached hydrogens (tertiary/aromatic N) is 4. The van der Waals surface area contributed by atoms with Crippen LogP contribution in [0.1, 0.15) is 47.1 Å². The smallest absolute Gasteiger partial charge is 0.416 e. The molecule has 2 amide bonds. The van der Waals surface area contributed by atoms with E-state index in [1.54, 1.807) is 23.1 Å². The number of rotatable bonds is 6. The lowest BCUT2D eigenvalue weighted by Gasteiger charge is -2.21. The molecule has 5 rings (SSSR count). The molecule has 1 N–H and O–H groups in total. The number of hydrogen-bond acceptors (Lipinski definition) is 6. The fourth-order valence-corrected chi connectivity index (χ4v) is 4.17. The summed E-state index contributed by atoms with van der Waals surface area (Å²) in [4.78, 5) is 37.6. The van der Waals surface area contributed by atoms with Crippen LogP contribution >= 0.6 is 0 Å². The zero-order valence-corrected chi connectivity index (χ0v) is 17.5. The Morgan fingerprint density at radius 3 is 2.74 bits per heavy atom. The summed E-state index contributed by atoms with van der Waals surface area (Å²) in [5.74, 6) is 0.535. The molecular formula is C22H24FN5O3. The SMILES string of the molecule is CNCc1nc(C2(C)CC2)cc2c1CN(c1cccc(N3C(=O)OC[C@@H]3CF)n1)C2=O. The van der Waals surface area contributed by atoms with Crippen LogP contribution < -0.4 is 15.1 Å². The van der Waals surface area contributed by atoms with Crippen molar-refractivity contribution in [3.05, 3.63) is 46.8 Å². The highest BCUT2D eigenvalue weighted by atomic mass is 19.1. The number of carbonyl (C=O) groups excluding carboxylic acids is 2. The Morgan fingerprint density at radius 2 is 2.03 bits per heavy atom. The molecule has 8 nitrogen and oxygen atoms in total. The van der Waals surface area contributed by atoms with Crippen molar-refractivity contribution >= 4 is 23.6 Å². The predicted octanol–water partition coefficient (Wildman–Crippen LogP) is 2.70. The fraction of sp³-hybridized carbons (Fsp3) is 0.455. The number of ether oxygens (including phenoxy) is 1. The molecule has 0 bridgehead atoms. The van der Waals surface area contributed by atoms with Gasteiger partial charge in [-0.25, -0.2) is 14.2 Å². The van der Waals surface area contributed by atoms with E-state index in [4.69, 9.17) is 9.72 Å². The van der Waals surface area contributed by atoms with Gasteiger partial charge in [-0.3, -0.25) is 19.6 Å². The number of aromatic nitrogens is 2. The lowest BCUT2D eigenvalue weighted by molar-refractivity contribution is 0.0995. The van der Waals surface area contributed by atoms with Crippen molar-refractivity contribution in [2.75, 3.05) is 30.1 Å². The Labute approximate surface area is 179 Å². The second kappa shape index (κ2) is 7.26. The molecule has 1 saturated heterocycles. The number of anilines is 2. The van der Waals surface area contributed by atoms with Gasteiger partial charge < -0.3 is 10.1 Å². The third-order valence-electron chi connectivity index (χ3n) is 6.35. The first-order chi connectivity index (χ1) is 14.9. The highest BCUT2D eigenvalue weighted by Gasteiger charge is 2.43. The standard InChI is InChI=1S/C22H24FN5O3/c1-22(6-7-22)17-8-14-15(16(25-17)10-24-2)11-27(20(14)29)18-4-3-5-19(26-18)28-13(9-23)12-31-21(28)30/h3-5,8,13,24H,6-7,9-12H2,1-2H3/t13-/m0/s1. The number of fused-ring (bicyclic) bond motifs is 1. The minimum absolute atomic E-state index is 0.0179. The summed E-state index contributed by atoms with van der Waals surface area (Å²) < 4.78 is 18.3. The van der Waals surface area contributed by atoms with Crippen LogP contribution in [0.5, 0.6) is 0 Å². The number of alkyl halides is 1. The molecule has 0 radical (unpaired) electrons. The molecule has 3 aliphatic rings. The van der Waals surface area contributed by atoms with E-state index < -0.39 is 18.8 Å². The van der Waals surface area contributed by atoms with Gasteiger partial charge in [-0.1, -0.05) is 13.0 Å². The average molecular weight is 425 g/mol. The molecule has 2 fully saturated rings. The van der Waals surface area contributed by atoms with Crippen molar-refractivity contribution in [2.24, 2.45) is 0 Å². The second-order valence-corrected chi connectivity index (χ2v) is 8.57. The van der Waals surface area contributed by atoms with Gasteiger partial charge in [-0.05, 0) is 38.1 Å². The first-order valence-electron chi connectivity index (χ1n) is 10.4. The summed E-state index contributed by atoms with van der Waals surface area (Å²) >= 11 is 0. The van der Waals surface area contributed by atoms with Crippen molar-refractivity contribution < 1.29 is 18.7 Å². The van der Waals surface area contributed by atoms with Gasteiger partial charge in [0.25, 0.3) is 5.91 Å². The van der Waals surface area contributed by atoms with Crippen molar-refractivity contribution in [1.82, 2.24) is 15.3 Å². The molecule has 9 heteroatoms. The molecule has 2 aromatic rings. The van der Waals surface area contributed by atoms with E-state index in [9.17, 15) is 14.0 Å². The summed E-state index contributed by atoms with van der Waals surface area (Å²) in [6, 6.07) is 6.25. The normalized spacial score (nSPS) is 21.5. The molecule has 1 aliphatic carbocycles. The third-order valence-corrected chi connectivity index (χ3v) is 6.35. The molecule has 162 valence electrons. The number of hydrogen-bond donors (Lipinski definition) is 1. The van der Waals surface area contributed by atoms with Crippen molar-refractivity contribution in [1.29, 1.82) is 0 Å². The van der Waals surface area contributed by atoms with Crippen LogP contribution in [0.15, 0.2) is 24.3 Å². The Kier molecular flexibility index (Phi) is 4.65. The van der Waals surface area contributed by atoms with Crippen molar-refractivity contribution in [2.45, 2.75) is 44.3 Å². The monoisotopic (exact) mass is 425 g/mol. The highest BCUT2D eigenvalue weighted by Crippen LogP contribution is 2.47. The molecule has 0 unspecified atom stereocenters. The number of nitrogens with one attached hydrogen (secondary N) is 1. The Hall–Kier alpha value is -3.07. The molecule has 2 aliphatic heterocycles. The molecule has 1 atom stereocenters. The summed E-state index contributed by atoms with van der Waals surface area (Å²) in [7, 11) is 1.86. The van der Waals surface area contributed by atoms with Crippen LogP contribution in [0.2, 0.25) is 0 Å². The number of amides is 2. The molecule has 31 heavy (non-hydrogen) atoms. The maximum Gasteiger partial charge on any atom is 0.416 e. The van der Waals surface area contributed by atoms with Crippen LogP contribution in [-0.2, 0) is 23.2 Å². The molecule has 1 saturated carbocycles. The maximum absolute atomic E-state index is 13.3. The summed E-state index contributed by atoms with van der Waals surface area (Å²) in [6.45, 7) is 2.34. The van der Waals surface area contributed by atoms with Gasteiger partial charge >= 0.3 is 6.09 Å². The van der Waals surface area contributed by atoms with Crippen LogP contribution in [0.25, 0.3) is 0 Å². The number of carbonyl (C=O) groups is 2. The number of halogens is 1. The quantitative estimate of drug-likeness (QED) is 0.766. The van der Waals surface area contributed by atoms with E-state index in [1.165, 1.54) is 4.90 Å². The van der Waals surface area contributed by atoms with Crippen LogP contribution in [0.4, 0.5) is 20.8 Å². The van der Waals surface area contributed by atoms with E-state index in [1.807, 2.05) is 13.1 Å². The molecule has 4 heterocycles. The lowest BCUT2D eigenvalue weighted by Crippen LogP contribution is -2.36. The zero-order valence-electron chi connectivity index (χ0n) is 17.5. The van der Waals surface area contributed by atoms with Gasteiger partial charge in [0.15, 0.2) is 0 Å². The lowest BCUT2D eigenvalue weighted by atomic mass is 9.99. The van der Waals surface area contributed by atoms with Crippen LogP contribution in [-0.4, -0.2) is 48.3 Å².